The highest BCUT2D eigenvalue weighted by molar-refractivity contribution is 6.35. The van der Waals surface area contributed by atoms with Crippen LogP contribution in [0, 0.1) is 18.3 Å². The number of benzene rings is 1. The first-order chi connectivity index (χ1) is 10.1. The molecule has 0 radical (unpaired) electrons. The van der Waals surface area contributed by atoms with Crippen LogP contribution in [0.1, 0.15) is 5.56 Å². The Kier molecular flexibility index (Phi) is 3.23. The first-order valence-electron chi connectivity index (χ1n) is 6.70. The van der Waals surface area contributed by atoms with E-state index in [1.807, 2.05) is 42.2 Å². The van der Waals surface area contributed by atoms with Crippen molar-refractivity contribution in [2.24, 2.45) is 0 Å². The number of hydrogen-bond donors (Lipinski definition) is 1. The summed E-state index contributed by atoms with van der Waals surface area (Å²) < 4.78 is 0. The van der Waals surface area contributed by atoms with E-state index in [-0.39, 0.29) is 6.54 Å². The first-order valence-corrected chi connectivity index (χ1v) is 6.70. The summed E-state index contributed by atoms with van der Waals surface area (Å²) in [4.78, 5) is 27.4. The Morgan fingerprint density at radius 3 is 2.52 bits per heavy atom. The van der Waals surface area contributed by atoms with Crippen LogP contribution in [0.25, 0.3) is 0 Å². The summed E-state index contributed by atoms with van der Waals surface area (Å²) in [6.07, 6.45) is -0.425. The summed E-state index contributed by atoms with van der Waals surface area (Å²) in [5.74, 6) is -1.25. The third kappa shape index (κ3) is 2.19. The number of amides is 2. The summed E-state index contributed by atoms with van der Waals surface area (Å²) in [5.41, 5.74) is 5.08. The van der Waals surface area contributed by atoms with Crippen molar-refractivity contribution >= 4 is 17.5 Å². The van der Waals surface area contributed by atoms with Crippen molar-refractivity contribution in [3.05, 3.63) is 29.8 Å². The van der Waals surface area contributed by atoms with E-state index in [9.17, 15) is 9.59 Å². The van der Waals surface area contributed by atoms with Crippen LogP contribution in [0.2, 0.25) is 0 Å². The molecule has 0 spiro atoms. The smallest absolute Gasteiger partial charge is 0.327 e. The fourth-order valence-electron chi connectivity index (χ4n) is 2.61. The van der Waals surface area contributed by atoms with Crippen molar-refractivity contribution in [1.82, 2.24) is 15.3 Å². The van der Waals surface area contributed by atoms with Crippen LogP contribution in [-0.2, 0) is 9.59 Å². The van der Waals surface area contributed by atoms with Gasteiger partial charge in [-0.05, 0) is 19.1 Å². The van der Waals surface area contributed by atoms with Gasteiger partial charge in [0, 0.05) is 18.8 Å². The van der Waals surface area contributed by atoms with Gasteiger partial charge in [-0.1, -0.05) is 17.7 Å². The van der Waals surface area contributed by atoms with Crippen molar-refractivity contribution in [2.75, 3.05) is 24.5 Å². The normalized spacial score (nSPS) is 21.5. The number of nitrogens with one attached hydrogen (secondary N) is 1. The van der Waals surface area contributed by atoms with Crippen LogP contribution in [0.4, 0.5) is 5.69 Å². The fourth-order valence-corrected chi connectivity index (χ4v) is 2.61. The molecule has 1 aromatic rings. The number of aryl methyl sites for hydroxylation is 1. The quantitative estimate of drug-likeness (QED) is 0.601. The zero-order valence-corrected chi connectivity index (χ0v) is 11.6. The number of carbonyl (C=O) groups is 2. The van der Waals surface area contributed by atoms with Gasteiger partial charge in [-0.2, -0.15) is 10.7 Å². The molecule has 2 amide bonds. The van der Waals surface area contributed by atoms with Crippen molar-refractivity contribution in [3.8, 4) is 6.07 Å². The van der Waals surface area contributed by atoms with Gasteiger partial charge < -0.3 is 4.90 Å². The molecule has 108 valence electrons. The van der Waals surface area contributed by atoms with E-state index in [2.05, 4.69) is 5.43 Å². The van der Waals surface area contributed by atoms with E-state index in [1.165, 1.54) is 4.90 Å². The Labute approximate surface area is 122 Å². The molecular weight excluding hydrogens is 270 g/mol. The molecule has 0 saturated carbocycles. The Bertz CT molecular complexity index is 621. The molecule has 1 N–H and O–H groups in total. The summed E-state index contributed by atoms with van der Waals surface area (Å²) in [5, 5.41) is 9.83. The lowest BCUT2D eigenvalue weighted by atomic mass is 10.2. The number of hydrogen-bond acceptors (Lipinski definition) is 5. The summed E-state index contributed by atoms with van der Waals surface area (Å²) >= 11 is 0. The number of fused-ring (bicyclic) bond motifs is 1. The first kappa shape index (κ1) is 13.4. The minimum Gasteiger partial charge on any atom is -0.336 e. The molecule has 2 aliphatic heterocycles. The van der Waals surface area contributed by atoms with Crippen LogP contribution in [0.3, 0.4) is 0 Å². The monoisotopic (exact) mass is 285 g/mol. The van der Waals surface area contributed by atoms with Gasteiger partial charge in [-0.25, -0.2) is 0 Å². The highest BCUT2D eigenvalue weighted by atomic mass is 16.2. The minimum absolute atomic E-state index is 0.156. The van der Waals surface area contributed by atoms with E-state index < -0.39 is 18.1 Å². The highest BCUT2D eigenvalue weighted by Gasteiger charge is 2.45. The maximum Gasteiger partial charge on any atom is 0.327 e. The summed E-state index contributed by atoms with van der Waals surface area (Å²) in [7, 11) is 0. The largest absolute Gasteiger partial charge is 0.336 e. The van der Waals surface area contributed by atoms with Crippen molar-refractivity contribution in [1.29, 1.82) is 5.26 Å². The molecule has 2 saturated heterocycles. The molecule has 7 heteroatoms. The summed E-state index contributed by atoms with van der Waals surface area (Å²) in [6, 6.07) is 9.85. The Hall–Kier alpha value is -2.59. The number of hydrazine groups is 1. The molecule has 3 rings (SSSR count). The predicted octanol–water partition coefficient (Wildman–Crippen LogP) is -0.202. The molecule has 7 nitrogen and oxygen atoms in total. The Balaban J connectivity index is 1.87. The van der Waals surface area contributed by atoms with E-state index in [0.717, 1.165) is 16.3 Å². The topological polar surface area (TPSA) is 79.7 Å². The average molecular weight is 285 g/mol. The molecule has 2 fully saturated rings. The van der Waals surface area contributed by atoms with Crippen molar-refractivity contribution in [2.45, 2.75) is 13.2 Å². The third-order valence-electron chi connectivity index (χ3n) is 3.73. The Morgan fingerprint density at radius 1 is 1.19 bits per heavy atom. The molecule has 1 atom stereocenters. The molecule has 2 heterocycles. The standard InChI is InChI=1S/C14H15N5O2/c1-10-2-4-11(5-3-10)17-8-9-18-12(20)13(21)19(7-6-15)16-14(17)18/h2-5,14,16H,7-9H2,1H3. The molecule has 0 aliphatic carbocycles. The van der Waals surface area contributed by atoms with Crippen molar-refractivity contribution in [3.63, 3.8) is 0 Å². The zero-order chi connectivity index (χ0) is 15.0. The lowest BCUT2D eigenvalue weighted by molar-refractivity contribution is -0.162. The number of anilines is 1. The molecule has 0 bridgehead atoms. The molecule has 2 aliphatic rings. The Morgan fingerprint density at radius 2 is 1.86 bits per heavy atom. The van der Waals surface area contributed by atoms with Gasteiger partial charge in [0.25, 0.3) is 0 Å². The van der Waals surface area contributed by atoms with Crippen LogP contribution in [0.15, 0.2) is 24.3 Å². The number of carbonyl (C=O) groups excluding carboxylic acids is 2. The maximum atomic E-state index is 12.1. The van der Waals surface area contributed by atoms with Crippen LogP contribution >= 0.6 is 0 Å². The van der Waals surface area contributed by atoms with E-state index in [0.29, 0.717) is 13.1 Å². The second-order valence-electron chi connectivity index (χ2n) is 5.08. The number of rotatable bonds is 2. The summed E-state index contributed by atoms with van der Waals surface area (Å²) in [6.45, 7) is 2.98. The van der Waals surface area contributed by atoms with E-state index >= 15 is 0 Å². The molecule has 1 unspecified atom stereocenters. The maximum absolute atomic E-state index is 12.1. The van der Waals surface area contributed by atoms with Crippen LogP contribution in [0.5, 0.6) is 0 Å². The van der Waals surface area contributed by atoms with Gasteiger partial charge in [0.2, 0.25) is 0 Å². The van der Waals surface area contributed by atoms with E-state index in [1.54, 1.807) is 0 Å². The van der Waals surface area contributed by atoms with Crippen LogP contribution in [-0.4, -0.2) is 47.6 Å². The molecule has 1 aromatic carbocycles. The van der Waals surface area contributed by atoms with Gasteiger partial charge in [0.1, 0.15) is 6.54 Å². The average Bonchev–Trinajstić information content (AvgIpc) is 2.89. The number of nitrogens with zero attached hydrogens (tertiary/aromatic N) is 4. The number of nitriles is 1. The molecule has 21 heavy (non-hydrogen) atoms. The zero-order valence-electron chi connectivity index (χ0n) is 11.6. The molecular formula is C14H15N5O2. The van der Waals surface area contributed by atoms with Gasteiger partial charge >= 0.3 is 11.8 Å². The second kappa shape index (κ2) is 5.07. The molecule has 0 aromatic heterocycles. The van der Waals surface area contributed by atoms with Crippen LogP contribution < -0.4 is 10.3 Å². The minimum atomic E-state index is -0.682. The van der Waals surface area contributed by atoms with Crippen molar-refractivity contribution < 1.29 is 9.59 Å². The lowest BCUT2D eigenvalue weighted by Crippen LogP contribution is -2.67. The highest BCUT2D eigenvalue weighted by Crippen LogP contribution is 2.25. The predicted molar refractivity (Wildman–Crippen MR) is 74.5 cm³/mol. The van der Waals surface area contributed by atoms with E-state index in [4.69, 9.17) is 5.26 Å². The van der Waals surface area contributed by atoms with Gasteiger partial charge in [0.05, 0.1) is 6.07 Å². The van der Waals surface area contributed by atoms with Gasteiger partial charge in [-0.3, -0.25) is 19.5 Å². The van der Waals surface area contributed by atoms with Gasteiger partial charge in [0.15, 0.2) is 6.29 Å². The fraction of sp³-hybridized carbons (Fsp3) is 0.357. The third-order valence-corrected chi connectivity index (χ3v) is 3.73. The lowest BCUT2D eigenvalue weighted by Gasteiger charge is -2.39. The SMILES string of the molecule is Cc1ccc(N2CCN3C(=O)C(=O)N(CC#N)NC32)cc1. The van der Waals surface area contributed by atoms with Gasteiger partial charge in [-0.15, -0.1) is 0 Å². The second-order valence-corrected chi connectivity index (χ2v) is 5.08.